The molecular formula is C22H29ClO4. The minimum absolute atomic E-state index is 0.106. The summed E-state index contributed by atoms with van der Waals surface area (Å²) in [7, 11) is 0. The number of hydrogen-bond donors (Lipinski definition) is 2. The molecule has 0 amide bonds. The molecule has 0 aromatic rings. The Morgan fingerprint density at radius 1 is 1.19 bits per heavy atom. The Kier molecular flexibility index (Phi) is 4.79. The summed E-state index contributed by atoms with van der Waals surface area (Å²) in [5.74, 6) is 1.04. The SMILES string of the molecule is CC[C@]12CC[C@H]3[C@@H](CCC4=C(Cl)C(=O)CC[C@@H]43)[C@@H]1CC[C@@]2(O)/C=C\C(=O)O. The van der Waals surface area contributed by atoms with Crippen LogP contribution in [-0.2, 0) is 9.59 Å². The van der Waals surface area contributed by atoms with Crippen molar-refractivity contribution in [2.45, 2.75) is 70.3 Å². The summed E-state index contributed by atoms with van der Waals surface area (Å²) < 4.78 is 0. The van der Waals surface area contributed by atoms with Crippen molar-refractivity contribution in [1.82, 2.24) is 0 Å². The van der Waals surface area contributed by atoms with Crippen LogP contribution in [0.5, 0.6) is 0 Å². The third-order valence-corrected chi connectivity index (χ3v) is 8.91. The Morgan fingerprint density at radius 2 is 1.96 bits per heavy atom. The van der Waals surface area contributed by atoms with Crippen LogP contribution in [0.2, 0.25) is 0 Å². The summed E-state index contributed by atoms with van der Waals surface area (Å²) in [4.78, 5) is 23.1. The van der Waals surface area contributed by atoms with Crippen LogP contribution in [0.1, 0.15) is 64.7 Å². The van der Waals surface area contributed by atoms with Crippen LogP contribution in [0.15, 0.2) is 22.8 Å². The first-order chi connectivity index (χ1) is 12.8. The highest BCUT2D eigenvalue weighted by molar-refractivity contribution is 6.43. The van der Waals surface area contributed by atoms with Crippen molar-refractivity contribution in [2.24, 2.45) is 29.1 Å². The van der Waals surface area contributed by atoms with Gasteiger partial charge < -0.3 is 10.2 Å². The van der Waals surface area contributed by atoms with Crippen molar-refractivity contribution >= 4 is 23.4 Å². The van der Waals surface area contributed by atoms with E-state index in [1.807, 2.05) is 0 Å². The van der Waals surface area contributed by atoms with E-state index in [9.17, 15) is 14.7 Å². The molecule has 5 heteroatoms. The lowest BCUT2D eigenvalue weighted by Gasteiger charge is -2.56. The fourth-order valence-corrected chi connectivity index (χ4v) is 7.63. The maximum Gasteiger partial charge on any atom is 0.328 e. The Labute approximate surface area is 165 Å². The molecule has 0 aromatic carbocycles. The van der Waals surface area contributed by atoms with E-state index in [1.54, 1.807) is 6.08 Å². The van der Waals surface area contributed by atoms with Gasteiger partial charge in [-0.05, 0) is 86.7 Å². The number of fused-ring (bicyclic) bond motifs is 5. The van der Waals surface area contributed by atoms with Gasteiger partial charge in [-0.3, -0.25) is 4.79 Å². The summed E-state index contributed by atoms with van der Waals surface area (Å²) in [5, 5.41) is 21.0. The predicted molar refractivity (Wildman–Crippen MR) is 103 cm³/mol. The van der Waals surface area contributed by atoms with Gasteiger partial charge in [0.1, 0.15) is 0 Å². The topological polar surface area (TPSA) is 74.6 Å². The maximum absolute atomic E-state index is 12.0. The summed E-state index contributed by atoms with van der Waals surface area (Å²) >= 11 is 6.38. The van der Waals surface area contributed by atoms with Gasteiger partial charge in [-0.1, -0.05) is 18.5 Å². The summed E-state index contributed by atoms with van der Waals surface area (Å²) in [6.45, 7) is 2.14. The van der Waals surface area contributed by atoms with Gasteiger partial charge in [-0.25, -0.2) is 4.79 Å². The maximum atomic E-state index is 12.0. The Balaban J connectivity index is 1.66. The highest BCUT2D eigenvalue weighted by Gasteiger charge is 2.63. The lowest BCUT2D eigenvalue weighted by atomic mass is 9.49. The quantitative estimate of drug-likeness (QED) is 0.695. The van der Waals surface area contributed by atoms with Crippen LogP contribution in [0.25, 0.3) is 0 Å². The number of aliphatic carboxylic acids is 1. The largest absolute Gasteiger partial charge is 0.478 e. The number of carboxylic acids is 1. The molecule has 0 aromatic heterocycles. The summed E-state index contributed by atoms with van der Waals surface area (Å²) in [6, 6.07) is 0. The highest BCUT2D eigenvalue weighted by atomic mass is 35.5. The summed E-state index contributed by atoms with van der Waals surface area (Å²) in [6.07, 6.45) is 10.5. The molecule has 0 bridgehead atoms. The molecule has 6 atom stereocenters. The Bertz CT molecular complexity index is 726. The van der Waals surface area contributed by atoms with Gasteiger partial charge in [0.05, 0.1) is 10.6 Å². The van der Waals surface area contributed by atoms with Crippen LogP contribution in [0.3, 0.4) is 0 Å². The normalized spacial score (nSPS) is 44.2. The first-order valence-electron chi connectivity index (χ1n) is 10.4. The van der Waals surface area contributed by atoms with Crippen LogP contribution in [0.4, 0.5) is 0 Å². The molecule has 0 heterocycles. The second-order valence-electron chi connectivity index (χ2n) is 9.06. The van der Waals surface area contributed by atoms with E-state index in [0.717, 1.165) is 51.0 Å². The zero-order chi connectivity index (χ0) is 19.4. The number of carbonyl (C=O) groups excluding carboxylic acids is 1. The molecule has 3 saturated carbocycles. The third kappa shape index (κ3) is 2.74. The van der Waals surface area contributed by atoms with Crippen LogP contribution in [0, 0.1) is 29.1 Å². The number of allylic oxidation sites excluding steroid dienone is 1. The number of rotatable bonds is 3. The molecule has 0 unspecified atom stereocenters. The molecule has 3 fully saturated rings. The number of hydrogen-bond acceptors (Lipinski definition) is 3. The standard InChI is InChI=1S/C22H29ClO4/c1-2-21-10-7-14-13-5-6-18(24)20(23)16(13)4-3-15(14)17(21)8-11-22(21,27)12-9-19(25)26/h9,12-15,17,27H,2-8,10-11H2,1H3,(H,25,26)/b12-9-/t13-,14-,15-,17+,21+,22-/m1/s1. The van der Waals surface area contributed by atoms with E-state index in [4.69, 9.17) is 16.7 Å². The van der Waals surface area contributed by atoms with E-state index in [-0.39, 0.29) is 11.2 Å². The fraction of sp³-hybridized carbons (Fsp3) is 0.727. The first-order valence-corrected chi connectivity index (χ1v) is 10.8. The number of ketones is 1. The second kappa shape index (κ2) is 6.73. The van der Waals surface area contributed by atoms with Crippen molar-refractivity contribution in [3.63, 3.8) is 0 Å². The minimum atomic E-state index is -1.02. The van der Waals surface area contributed by atoms with E-state index < -0.39 is 11.6 Å². The molecule has 0 aliphatic heterocycles. The van der Waals surface area contributed by atoms with E-state index >= 15 is 0 Å². The number of halogens is 1. The first kappa shape index (κ1) is 19.2. The average molecular weight is 393 g/mol. The van der Waals surface area contributed by atoms with Crippen molar-refractivity contribution in [1.29, 1.82) is 0 Å². The zero-order valence-corrected chi connectivity index (χ0v) is 16.7. The van der Waals surface area contributed by atoms with Crippen molar-refractivity contribution < 1.29 is 19.8 Å². The number of aliphatic hydroxyl groups is 1. The van der Waals surface area contributed by atoms with E-state index in [2.05, 4.69) is 6.92 Å². The molecule has 148 valence electrons. The van der Waals surface area contributed by atoms with E-state index in [1.165, 1.54) is 5.57 Å². The van der Waals surface area contributed by atoms with Crippen LogP contribution in [-0.4, -0.2) is 27.6 Å². The van der Waals surface area contributed by atoms with Gasteiger partial charge in [-0.2, -0.15) is 0 Å². The van der Waals surface area contributed by atoms with Crippen molar-refractivity contribution in [3.8, 4) is 0 Å². The Hall–Kier alpha value is -1.13. The molecule has 4 nitrogen and oxygen atoms in total. The van der Waals surface area contributed by atoms with Gasteiger partial charge in [0.15, 0.2) is 5.78 Å². The minimum Gasteiger partial charge on any atom is -0.478 e. The zero-order valence-electron chi connectivity index (χ0n) is 15.9. The molecule has 2 N–H and O–H groups in total. The molecule has 27 heavy (non-hydrogen) atoms. The fourth-order valence-electron chi connectivity index (χ4n) is 7.30. The molecule has 4 aliphatic carbocycles. The lowest BCUT2D eigenvalue weighted by molar-refractivity contribution is -0.132. The smallest absolute Gasteiger partial charge is 0.328 e. The monoisotopic (exact) mass is 392 g/mol. The van der Waals surface area contributed by atoms with Gasteiger partial charge in [0.2, 0.25) is 0 Å². The predicted octanol–water partition coefficient (Wildman–Crippen LogP) is 4.46. The number of carboxylic acid groups (broad SMARTS) is 1. The third-order valence-electron chi connectivity index (χ3n) is 8.45. The van der Waals surface area contributed by atoms with Crippen LogP contribution >= 0.6 is 11.6 Å². The van der Waals surface area contributed by atoms with Crippen molar-refractivity contribution in [3.05, 3.63) is 22.8 Å². The van der Waals surface area contributed by atoms with Gasteiger partial charge in [-0.15, -0.1) is 0 Å². The molecule has 4 rings (SSSR count). The average Bonchev–Trinajstić information content (AvgIpc) is 2.96. The highest BCUT2D eigenvalue weighted by Crippen LogP contribution is 2.66. The molecular weight excluding hydrogens is 364 g/mol. The molecule has 0 saturated heterocycles. The molecule has 4 aliphatic rings. The van der Waals surface area contributed by atoms with Crippen molar-refractivity contribution in [2.75, 3.05) is 0 Å². The van der Waals surface area contributed by atoms with Gasteiger partial charge in [0.25, 0.3) is 0 Å². The van der Waals surface area contributed by atoms with Gasteiger partial charge >= 0.3 is 5.97 Å². The molecule has 0 radical (unpaired) electrons. The second-order valence-corrected chi connectivity index (χ2v) is 9.44. The summed E-state index contributed by atoms with van der Waals surface area (Å²) in [5.41, 5.74) is -0.0565. The van der Waals surface area contributed by atoms with E-state index in [0.29, 0.717) is 41.5 Å². The van der Waals surface area contributed by atoms with Crippen LogP contribution < -0.4 is 0 Å². The molecule has 0 spiro atoms. The Morgan fingerprint density at radius 3 is 2.67 bits per heavy atom. The number of Topliss-reactive ketones (excluding diaryl/α,β-unsaturated/α-hetero) is 1. The number of carbonyl (C=O) groups is 2. The van der Waals surface area contributed by atoms with Gasteiger partial charge in [0, 0.05) is 17.9 Å². The lowest BCUT2D eigenvalue weighted by Crippen LogP contribution is -2.53.